The first-order valence-electron chi connectivity index (χ1n) is 10.6. The molecule has 3 atom stereocenters. The van der Waals surface area contributed by atoms with Gasteiger partial charge in [0.2, 0.25) is 10.0 Å². The Morgan fingerprint density at radius 1 is 1.22 bits per heavy atom. The number of halogens is 1. The SMILES string of the molecule is COc1cc([C@@H](C)NC2CC[C@H](c3ccc(C(=O)NCCS(N)(=O)=O)cc3)C2)ccc1F. The molecule has 1 fully saturated rings. The normalized spacial score (nSPS) is 19.5. The Bertz CT molecular complexity index is 1040. The van der Waals surface area contributed by atoms with Gasteiger partial charge in [0.15, 0.2) is 11.6 Å². The summed E-state index contributed by atoms with van der Waals surface area (Å²) in [7, 11) is -2.14. The fourth-order valence-corrected chi connectivity index (χ4v) is 4.53. The molecule has 4 N–H and O–H groups in total. The number of rotatable bonds is 9. The summed E-state index contributed by atoms with van der Waals surface area (Å²) in [5, 5.41) is 11.1. The molecule has 1 aliphatic rings. The van der Waals surface area contributed by atoms with Gasteiger partial charge in [0.05, 0.1) is 12.9 Å². The molecule has 0 aliphatic heterocycles. The van der Waals surface area contributed by atoms with E-state index in [-0.39, 0.29) is 35.8 Å². The van der Waals surface area contributed by atoms with Gasteiger partial charge in [0.1, 0.15) is 0 Å². The summed E-state index contributed by atoms with van der Waals surface area (Å²) in [5.41, 5.74) is 2.63. The van der Waals surface area contributed by atoms with Crippen LogP contribution >= 0.6 is 0 Å². The van der Waals surface area contributed by atoms with E-state index in [1.54, 1.807) is 24.3 Å². The van der Waals surface area contributed by atoms with Gasteiger partial charge in [-0.1, -0.05) is 18.2 Å². The lowest BCUT2D eigenvalue weighted by Gasteiger charge is -2.21. The summed E-state index contributed by atoms with van der Waals surface area (Å²) in [5.74, 6) is -0.354. The second-order valence-electron chi connectivity index (χ2n) is 8.23. The molecule has 0 radical (unpaired) electrons. The number of methoxy groups -OCH3 is 1. The highest BCUT2D eigenvalue weighted by Crippen LogP contribution is 2.35. The van der Waals surface area contributed by atoms with Crippen molar-refractivity contribution in [3.63, 3.8) is 0 Å². The van der Waals surface area contributed by atoms with E-state index in [9.17, 15) is 17.6 Å². The lowest BCUT2D eigenvalue weighted by atomic mass is 9.96. The first-order chi connectivity index (χ1) is 15.2. The van der Waals surface area contributed by atoms with Crippen LogP contribution in [0.1, 0.15) is 59.6 Å². The maximum atomic E-state index is 13.7. The van der Waals surface area contributed by atoms with Gasteiger partial charge in [-0.25, -0.2) is 17.9 Å². The van der Waals surface area contributed by atoms with Crippen LogP contribution in [0.5, 0.6) is 5.75 Å². The van der Waals surface area contributed by atoms with Gasteiger partial charge in [-0.05, 0) is 67.5 Å². The molecule has 0 spiro atoms. The largest absolute Gasteiger partial charge is 0.494 e. The highest BCUT2D eigenvalue weighted by Gasteiger charge is 2.27. The summed E-state index contributed by atoms with van der Waals surface area (Å²) in [6.45, 7) is 2.04. The number of carbonyl (C=O) groups is 1. The van der Waals surface area contributed by atoms with Gasteiger partial charge in [-0.2, -0.15) is 0 Å². The Kier molecular flexibility index (Phi) is 7.86. The fraction of sp³-hybridized carbons (Fsp3) is 0.435. The third-order valence-electron chi connectivity index (χ3n) is 5.91. The number of hydrogen-bond acceptors (Lipinski definition) is 5. The van der Waals surface area contributed by atoms with Crippen molar-refractivity contribution in [1.29, 1.82) is 0 Å². The van der Waals surface area contributed by atoms with Gasteiger partial charge in [-0.15, -0.1) is 0 Å². The minimum absolute atomic E-state index is 0.0203. The molecule has 1 amide bonds. The van der Waals surface area contributed by atoms with E-state index >= 15 is 0 Å². The molecule has 7 nitrogen and oxygen atoms in total. The number of nitrogens with two attached hydrogens (primary N) is 1. The van der Waals surface area contributed by atoms with Gasteiger partial charge < -0.3 is 15.4 Å². The minimum Gasteiger partial charge on any atom is -0.494 e. The van der Waals surface area contributed by atoms with Gasteiger partial charge >= 0.3 is 0 Å². The predicted molar refractivity (Wildman–Crippen MR) is 122 cm³/mol. The second kappa shape index (κ2) is 10.4. The molecule has 174 valence electrons. The topological polar surface area (TPSA) is 111 Å². The molecule has 0 bridgehead atoms. The summed E-state index contributed by atoms with van der Waals surface area (Å²) >= 11 is 0. The summed E-state index contributed by atoms with van der Waals surface area (Å²) in [4.78, 5) is 12.1. The van der Waals surface area contributed by atoms with Gasteiger partial charge in [-0.3, -0.25) is 4.79 Å². The first kappa shape index (κ1) is 24.2. The smallest absolute Gasteiger partial charge is 0.251 e. The molecular formula is C23H30FN3O4S. The number of carbonyl (C=O) groups excluding carboxylic acids is 1. The maximum absolute atomic E-state index is 13.7. The Morgan fingerprint density at radius 2 is 1.94 bits per heavy atom. The van der Waals surface area contributed by atoms with Crippen molar-refractivity contribution in [3.8, 4) is 5.75 Å². The van der Waals surface area contributed by atoms with Crippen molar-refractivity contribution in [2.75, 3.05) is 19.4 Å². The van der Waals surface area contributed by atoms with E-state index in [1.807, 2.05) is 12.1 Å². The van der Waals surface area contributed by atoms with E-state index in [0.29, 0.717) is 17.5 Å². The van der Waals surface area contributed by atoms with Crippen LogP contribution in [0.2, 0.25) is 0 Å². The number of hydrogen-bond donors (Lipinski definition) is 3. The molecular weight excluding hydrogens is 433 g/mol. The zero-order valence-corrected chi connectivity index (χ0v) is 19.1. The summed E-state index contributed by atoms with van der Waals surface area (Å²) < 4.78 is 40.7. The second-order valence-corrected chi connectivity index (χ2v) is 9.97. The molecule has 0 saturated heterocycles. The van der Waals surface area contributed by atoms with Crippen LogP contribution < -0.4 is 20.5 Å². The zero-order chi connectivity index (χ0) is 23.3. The van der Waals surface area contributed by atoms with Crippen LogP contribution in [-0.2, 0) is 10.0 Å². The molecule has 1 saturated carbocycles. The number of ether oxygens (including phenoxy) is 1. The third kappa shape index (κ3) is 6.51. The lowest BCUT2D eigenvalue weighted by molar-refractivity contribution is 0.0956. The van der Waals surface area contributed by atoms with Crippen molar-refractivity contribution in [3.05, 3.63) is 65.0 Å². The van der Waals surface area contributed by atoms with Crippen LogP contribution in [-0.4, -0.2) is 39.8 Å². The highest BCUT2D eigenvalue weighted by molar-refractivity contribution is 7.89. The highest BCUT2D eigenvalue weighted by atomic mass is 32.2. The van der Waals surface area contributed by atoms with Crippen LogP contribution in [0.15, 0.2) is 42.5 Å². The molecule has 2 aromatic carbocycles. The standard InChI is InChI=1S/C23H30FN3O4S/c1-15(18-8-10-21(24)22(14-18)31-2)27-20-9-7-19(13-20)16-3-5-17(6-4-16)23(28)26-11-12-32(25,29)30/h3-6,8,10,14-15,19-20,27H,7,9,11-13H2,1-2H3,(H,26,28)(H2,25,29,30)/t15-,19+,20?/m1/s1. The zero-order valence-electron chi connectivity index (χ0n) is 18.3. The van der Waals surface area contributed by atoms with Crippen molar-refractivity contribution in [2.24, 2.45) is 5.14 Å². The quantitative estimate of drug-likeness (QED) is 0.530. The number of benzene rings is 2. The average molecular weight is 464 g/mol. The molecule has 0 aromatic heterocycles. The van der Waals surface area contributed by atoms with Crippen LogP contribution in [0, 0.1) is 5.82 Å². The summed E-state index contributed by atoms with van der Waals surface area (Å²) in [6, 6.07) is 12.8. The predicted octanol–water partition coefficient (Wildman–Crippen LogP) is 2.84. The third-order valence-corrected chi connectivity index (χ3v) is 6.68. The maximum Gasteiger partial charge on any atom is 0.251 e. The van der Waals surface area contributed by atoms with E-state index in [2.05, 4.69) is 17.6 Å². The minimum atomic E-state index is -3.60. The lowest BCUT2D eigenvalue weighted by Crippen LogP contribution is -2.31. The number of amides is 1. The fourth-order valence-electron chi connectivity index (χ4n) is 4.15. The van der Waals surface area contributed by atoms with Crippen LogP contribution in [0.3, 0.4) is 0 Å². The Labute approximate surface area is 188 Å². The number of primary sulfonamides is 1. The molecule has 2 aromatic rings. The van der Waals surface area contributed by atoms with Crippen molar-refractivity contribution in [2.45, 2.75) is 44.2 Å². The number of nitrogens with one attached hydrogen (secondary N) is 2. The molecule has 1 aliphatic carbocycles. The van der Waals surface area contributed by atoms with Crippen LogP contribution in [0.4, 0.5) is 4.39 Å². The van der Waals surface area contributed by atoms with Crippen molar-refractivity contribution < 1.29 is 22.3 Å². The molecule has 32 heavy (non-hydrogen) atoms. The molecule has 0 heterocycles. The Morgan fingerprint density at radius 3 is 2.59 bits per heavy atom. The molecule has 9 heteroatoms. The summed E-state index contributed by atoms with van der Waals surface area (Å²) in [6.07, 6.45) is 3.04. The van der Waals surface area contributed by atoms with Crippen molar-refractivity contribution in [1.82, 2.24) is 10.6 Å². The van der Waals surface area contributed by atoms with E-state index in [1.165, 1.54) is 18.7 Å². The monoisotopic (exact) mass is 463 g/mol. The van der Waals surface area contributed by atoms with Gasteiger partial charge in [0.25, 0.3) is 5.91 Å². The van der Waals surface area contributed by atoms with Crippen LogP contribution in [0.25, 0.3) is 0 Å². The Hall–Kier alpha value is -2.49. The first-order valence-corrected chi connectivity index (χ1v) is 12.4. The van der Waals surface area contributed by atoms with Gasteiger partial charge in [0, 0.05) is 24.2 Å². The number of sulfonamides is 1. The van der Waals surface area contributed by atoms with E-state index in [0.717, 1.165) is 24.8 Å². The van der Waals surface area contributed by atoms with Crippen molar-refractivity contribution >= 4 is 15.9 Å². The van der Waals surface area contributed by atoms with E-state index < -0.39 is 10.0 Å². The molecule has 3 rings (SSSR count). The Balaban J connectivity index is 1.53. The molecule has 1 unspecified atom stereocenters. The average Bonchev–Trinajstić information content (AvgIpc) is 3.21. The van der Waals surface area contributed by atoms with E-state index in [4.69, 9.17) is 9.88 Å².